The molecule has 0 aliphatic carbocycles. The van der Waals surface area contributed by atoms with Crippen molar-refractivity contribution in [1.29, 1.82) is 0 Å². The first-order chi connectivity index (χ1) is 8.58. The van der Waals surface area contributed by atoms with E-state index in [1.54, 1.807) is 12.1 Å². The molecule has 0 unspecified atom stereocenters. The highest BCUT2D eigenvalue weighted by Crippen LogP contribution is 2.21. The Morgan fingerprint density at radius 3 is 2.56 bits per heavy atom. The van der Waals surface area contributed by atoms with Crippen LogP contribution in [0.2, 0.25) is 10.0 Å². The van der Waals surface area contributed by atoms with Gasteiger partial charge in [-0.3, -0.25) is 0 Å². The van der Waals surface area contributed by atoms with Gasteiger partial charge in [-0.25, -0.2) is 4.79 Å². The molecular formula is C13H17Cl2NO2. The number of rotatable bonds is 6. The number of hydrogen-bond donors (Lipinski definition) is 0. The number of likely N-dealkylation sites (N-methyl/N-ethyl adjacent to an activating group) is 1. The zero-order valence-corrected chi connectivity index (χ0v) is 12.1. The highest BCUT2D eigenvalue weighted by atomic mass is 35.5. The first-order valence-electron chi connectivity index (χ1n) is 5.93. The summed E-state index contributed by atoms with van der Waals surface area (Å²) in [5.74, 6) is -0.436. The van der Waals surface area contributed by atoms with Gasteiger partial charge in [-0.1, -0.05) is 37.0 Å². The highest BCUT2D eigenvalue weighted by Gasteiger charge is 2.12. The smallest absolute Gasteiger partial charge is 0.339 e. The van der Waals surface area contributed by atoms with E-state index in [1.165, 1.54) is 6.07 Å². The molecule has 0 aliphatic heterocycles. The maximum Gasteiger partial charge on any atom is 0.339 e. The summed E-state index contributed by atoms with van der Waals surface area (Å²) in [4.78, 5) is 14.0. The Bertz CT molecular complexity index is 406. The molecule has 0 N–H and O–H groups in total. The van der Waals surface area contributed by atoms with Gasteiger partial charge in [-0.2, -0.15) is 0 Å². The van der Waals surface area contributed by atoms with Gasteiger partial charge in [0.15, 0.2) is 0 Å². The first kappa shape index (κ1) is 15.3. The van der Waals surface area contributed by atoms with Crippen LogP contribution in [0.25, 0.3) is 0 Å². The second-order valence-electron chi connectivity index (χ2n) is 3.79. The molecule has 0 saturated carbocycles. The van der Waals surface area contributed by atoms with Crippen LogP contribution in [0.15, 0.2) is 18.2 Å². The van der Waals surface area contributed by atoms with E-state index in [9.17, 15) is 4.79 Å². The molecular weight excluding hydrogens is 273 g/mol. The zero-order valence-electron chi connectivity index (χ0n) is 10.6. The summed E-state index contributed by atoms with van der Waals surface area (Å²) in [6, 6.07) is 4.74. The van der Waals surface area contributed by atoms with Crippen molar-refractivity contribution in [2.45, 2.75) is 13.8 Å². The van der Waals surface area contributed by atoms with Gasteiger partial charge in [0.05, 0.1) is 10.6 Å². The summed E-state index contributed by atoms with van der Waals surface area (Å²) < 4.78 is 5.17. The molecule has 1 rings (SSSR count). The maximum absolute atomic E-state index is 11.8. The SMILES string of the molecule is CCN(CC)CCOC(=O)c1cc(Cl)ccc1Cl. The van der Waals surface area contributed by atoms with Crippen LogP contribution in [0.3, 0.4) is 0 Å². The second kappa shape index (κ2) is 7.62. The van der Waals surface area contributed by atoms with Crippen molar-refractivity contribution < 1.29 is 9.53 Å². The topological polar surface area (TPSA) is 29.5 Å². The van der Waals surface area contributed by atoms with E-state index >= 15 is 0 Å². The molecule has 0 aliphatic rings. The molecule has 100 valence electrons. The monoisotopic (exact) mass is 289 g/mol. The third-order valence-corrected chi connectivity index (χ3v) is 3.25. The summed E-state index contributed by atoms with van der Waals surface area (Å²) in [5.41, 5.74) is 0.309. The number of esters is 1. The largest absolute Gasteiger partial charge is 0.461 e. The summed E-state index contributed by atoms with van der Waals surface area (Å²) in [6.07, 6.45) is 0. The van der Waals surface area contributed by atoms with E-state index in [-0.39, 0.29) is 0 Å². The zero-order chi connectivity index (χ0) is 13.5. The van der Waals surface area contributed by atoms with Gasteiger partial charge >= 0.3 is 5.97 Å². The third kappa shape index (κ3) is 4.48. The van der Waals surface area contributed by atoms with E-state index in [4.69, 9.17) is 27.9 Å². The summed E-state index contributed by atoms with van der Waals surface area (Å²) in [5, 5.41) is 0.822. The van der Waals surface area contributed by atoms with Gasteiger partial charge in [-0.15, -0.1) is 0 Å². The highest BCUT2D eigenvalue weighted by molar-refractivity contribution is 6.35. The van der Waals surface area contributed by atoms with Crippen molar-refractivity contribution in [3.63, 3.8) is 0 Å². The van der Waals surface area contributed by atoms with E-state index in [1.807, 2.05) is 0 Å². The minimum atomic E-state index is -0.436. The molecule has 0 fully saturated rings. The van der Waals surface area contributed by atoms with Crippen LogP contribution >= 0.6 is 23.2 Å². The van der Waals surface area contributed by atoms with Crippen LogP contribution in [0.4, 0.5) is 0 Å². The second-order valence-corrected chi connectivity index (χ2v) is 4.63. The lowest BCUT2D eigenvalue weighted by molar-refractivity contribution is 0.0466. The molecule has 0 bridgehead atoms. The van der Waals surface area contributed by atoms with Gasteiger partial charge in [-0.05, 0) is 31.3 Å². The summed E-state index contributed by atoms with van der Waals surface area (Å²) >= 11 is 11.7. The molecule has 1 aromatic carbocycles. The number of nitrogens with zero attached hydrogens (tertiary/aromatic N) is 1. The third-order valence-electron chi connectivity index (χ3n) is 2.68. The van der Waals surface area contributed by atoms with Crippen molar-refractivity contribution in [2.75, 3.05) is 26.2 Å². The van der Waals surface area contributed by atoms with E-state index < -0.39 is 5.97 Å². The average molecular weight is 290 g/mol. The molecule has 5 heteroatoms. The van der Waals surface area contributed by atoms with Crippen LogP contribution in [-0.2, 0) is 4.74 Å². The van der Waals surface area contributed by atoms with Crippen molar-refractivity contribution >= 4 is 29.2 Å². The number of benzene rings is 1. The molecule has 0 heterocycles. The van der Waals surface area contributed by atoms with Crippen LogP contribution in [-0.4, -0.2) is 37.1 Å². The number of carbonyl (C=O) groups excluding carboxylic acids is 1. The van der Waals surface area contributed by atoms with Crippen molar-refractivity contribution in [3.8, 4) is 0 Å². The number of carbonyl (C=O) groups is 1. The van der Waals surface area contributed by atoms with Crippen LogP contribution in [0.1, 0.15) is 24.2 Å². The fourth-order valence-corrected chi connectivity index (χ4v) is 1.91. The van der Waals surface area contributed by atoms with Crippen molar-refractivity contribution in [2.24, 2.45) is 0 Å². The first-order valence-corrected chi connectivity index (χ1v) is 6.68. The van der Waals surface area contributed by atoms with Gasteiger partial charge < -0.3 is 9.64 Å². The molecule has 0 aromatic heterocycles. The number of halogens is 2. The van der Waals surface area contributed by atoms with E-state index in [0.29, 0.717) is 22.2 Å². The Morgan fingerprint density at radius 2 is 1.94 bits per heavy atom. The summed E-state index contributed by atoms with van der Waals surface area (Å²) in [6.45, 7) is 7.08. The Labute approximate surface area is 118 Å². The standard InChI is InChI=1S/C13H17Cl2NO2/c1-3-16(4-2)7-8-18-13(17)11-9-10(14)5-6-12(11)15/h5-6,9H,3-4,7-8H2,1-2H3. The molecule has 0 atom stereocenters. The van der Waals surface area contributed by atoms with Crippen molar-refractivity contribution in [3.05, 3.63) is 33.8 Å². The van der Waals surface area contributed by atoms with E-state index in [0.717, 1.165) is 19.6 Å². The Kier molecular flexibility index (Phi) is 6.47. The number of hydrogen-bond acceptors (Lipinski definition) is 3. The Balaban J connectivity index is 2.53. The minimum absolute atomic E-state index is 0.309. The maximum atomic E-state index is 11.8. The lowest BCUT2D eigenvalue weighted by Crippen LogP contribution is -2.27. The van der Waals surface area contributed by atoms with Crippen LogP contribution < -0.4 is 0 Å². The minimum Gasteiger partial charge on any atom is -0.461 e. The van der Waals surface area contributed by atoms with Gasteiger partial charge in [0.1, 0.15) is 6.61 Å². The van der Waals surface area contributed by atoms with Crippen molar-refractivity contribution in [1.82, 2.24) is 4.90 Å². The normalized spacial score (nSPS) is 10.7. The van der Waals surface area contributed by atoms with E-state index in [2.05, 4.69) is 18.7 Å². The van der Waals surface area contributed by atoms with Gasteiger partial charge in [0.25, 0.3) is 0 Å². The number of ether oxygens (including phenoxy) is 1. The summed E-state index contributed by atoms with van der Waals surface area (Å²) in [7, 11) is 0. The predicted octanol–water partition coefficient (Wildman–Crippen LogP) is 3.49. The fraction of sp³-hybridized carbons (Fsp3) is 0.462. The van der Waals surface area contributed by atoms with Gasteiger partial charge in [0, 0.05) is 11.6 Å². The Morgan fingerprint density at radius 1 is 1.28 bits per heavy atom. The molecule has 0 amide bonds. The van der Waals surface area contributed by atoms with Crippen LogP contribution in [0, 0.1) is 0 Å². The lowest BCUT2D eigenvalue weighted by atomic mass is 10.2. The predicted molar refractivity (Wildman–Crippen MR) is 74.5 cm³/mol. The fourth-order valence-electron chi connectivity index (χ4n) is 1.54. The molecule has 3 nitrogen and oxygen atoms in total. The molecule has 1 aromatic rings. The molecule has 0 saturated heterocycles. The molecule has 0 radical (unpaired) electrons. The van der Waals surface area contributed by atoms with Gasteiger partial charge in [0.2, 0.25) is 0 Å². The lowest BCUT2D eigenvalue weighted by Gasteiger charge is -2.17. The van der Waals surface area contributed by atoms with Crippen LogP contribution in [0.5, 0.6) is 0 Å². The molecule has 18 heavy (non-hydrogen) atoms. The Hall–Kier alpha value is -0.770. The average Bonchev–Trinajstić information content (AvgIpc) is 2.37. The quantitative estimate of drug-likeness (QED) is 0.751. The molecule has 0 spiro atoms.